The van der Waals surface area contributed by atoms with Crippen LogP contribution in [0.1, 0.15) is 82.4 Å². The largest absolute Gasteiger partial charge is 0.481 e. The molecule has 218 valence electrons. The SMILES string of the molecule is CCC(CN(CC)S(=O)(=O)C1CCC1)N1C(=O)[C@@](C)(CC(=O)O)C[C@H](c2cccc(Cl)c2)[C@H]1c1ccc(Cl)cc1. The Hall–Kier alpha value is -2.13. The molecule has 4 rings (SSSR count). The molecule has 1 saturated carbocycles. The molecular weight excluding hydrogens is 571 g/mol. The second kappa shape index (κ2) is 12.4. The van der Waals surface area contributed by atoms with E-state index in [2.05, 4.69) is 0 Å². The molecule has 1 aliphatic carbocycles. The van der Waals surface area contributed by atoms with E-state index in [4.69, 9.17) is 23.2 Å². The Morgan fingerprint density at radius 2 is 1.77 bits per heavy atom. The molecule has 40 heavy (non-hydrogen) atoms. The zero-order valence-corrected chi connectivity index (χ0v) is 25.6. The van der Waals surface area contributed by atoms with Crippen molar-refractivity contribution in [2.45, 2.75) is 82.5 Å². The lowest BCUT2D eigenvalue weighted by Crippen LogP contribution is -2.59. The van der Waals surface area contributed by atoms with Crippen LogP contribution in [0.25, 0.3) is 0 Å². The molecule has 2 fully saturated rings. The van der Waals surface area contributed by atoms with E-state index >= 15 is 0 Å². The van der Waals surface area contributed by atoms with Crippen molar-refractivity contribution < 1.29 is 23.1 Å². The highest BCUT2D eigenvalue weighted by molar-refractivity contribution is 7.89. The van der Waals surface area contributed by atoms with Gasteiger partial charge in [-0.25, -0.2) is 8.42 Å². The molecule has 2 aliphatic rings. The number of likely N-dealkylation sites (N-methyl/N-ethyl adjacent to an activating group) is 1. The van der Waals surface area contributed by atoms with Gasteiger partial charge in [-0.2, -0.15) is 4.31 Å². The fourth-order valence-electron chi connectivity index (χ4n) is 6.22. The number of amides is 1. The van der Waals surface area contributed by atoms with Crippen molar-refractivity contribution >= 4 is 45.1 Å². The molecule has 0 bridgehead atoms. The Bertz CT molecular complexity index is 1330. The van der Waals surface area contributed by atoms with Crippen LogP contribution in [-0.4, -0.2) is 59.0 Å². The molecule has 1 heterocycles. The van der Waals surface area contributed by atoms with Gasteiger partial charge in [-0.05, 0) is 61.1 Å². The molecule has 2 aromatic rings. The first kappa shape index (κ1) is 30.8. The smallest absolute Gasteiger partial charge is 0.304 e. The number of sulfonamides is 1. The molecule has 1 aliphatic heterocycles. The predicted octanol–water partition coefficient (Wildman–Crippen LogP) is 6.51. The zero-order valence-electron chi connectivity index (χ0n) is 23.2. The van der Waals surface area contributed by atoms with Gasteiger partial charge in [-0.15, -0.1) is 0 Å². The van der Waals surface area contributed by atoms with Crippen molar-refractivity contribution in [2.75, 3.05) is 13.1 Å². The Kier molecular flexibility index (Phi) is 9.55. The van der Waals surface area contributed by atoms with Crippen LogP contribution in [0.15, 0.2) is 48.5 Å². The van der Waals surface area contributed by atoms with Gasteiger partial charge in [0.05, 0.1) is 23.1 Å². The maximum Gasteiger partial charge on any atom is 0.304 e. The number of nitrogens with zero attached hydrogens (tertiary/aromatic N) is 2. The van der Waals surface area contributed by atoms with Crippen LogP contribution in [-0.2, 0) is 19.6 Å². The summed E-state index contributed by atoms with van der Waals surface area (Å²) >= 11 is 12.6. The summed E-state index contributed by atoms with van der Waals surface area (Å²) in [5, 5.41) is 10.6. The normalized spacial score (nSPS) is 24.6. The molecule has 10 heteroatoms. The van der Waals surface area contributed by atoms with E-state index in [0.29, 0.717) is 42.3 Å². The number of aliphatic carboxylic acids is 1. The minimum Gasteiger partial charge on any atom is -0.481 e. The lowest BCUT2D eigenvalue weighted by molar-refractivity contribution is -0.160. The van der Waals surface area contributed by atoms with Gasteiger partial charge in [0.2, 0.25) is 15.9 Å². The number of benzene rings is 2. The number of likely N-dealkylation sites (tertiary alicyclic amines) is 1. The molecule has 2 aromatic carbocycles. The summed E-state index contributed by atoms with van der Waals surface area (Å²) in [6.07, 6.45) is 2.67. The maximum absolute atomic E-state index is 14.4. The number of hydrogen-bond donors (Lipinski definition) is 1. The van der Waals surface area contributed by atoms with E-state index in [1.165, 1.54) is 4.31 Å². The second-order valence-electron chi connectivity index (χ2n) is 11.3. The average Bonchev–Trinajstić information content (AvgIpc) is 2.85. The van der Waals surface area contributed by atoms with E-state index in [1.54, 1.807) is 30.0 Å². The van der Waals surface area contributed by atoms with Gasteiger partial charge in [-0.1, -0.05) is 74.7 Å². The monoisotopic (exact) mass is 608 g/mol. The van der Waals surface area contributed by atoms with Crippen LogP contribution in [0.2, 0.25) is 10.0 Å². The fraction of sp³-hybridized carbons (Fsp3) is 0.533. The molecule has 0 radical (unpaired) electrons. The number of carbonyl (C=O) groups excluding carboxylic acids is 1. The number of piperidine rings is 1. The van der Waals surface area contributed by atoms with Crippen LogP contribution >= 0.6 is 23.2 Å². The van der Waals surface area contributed by atoms with Crippen LogP contribution in [0.3, 0.4) is 0 Å². The first-order valence-corrected chi connectivity index (χ1v) is 16.2. The van der Waals surface area contributed by atoms with Gasteiger partial charge in [-0.3, -0.25) is 9.59 Å². The van der Waals surface area contributed by atoms with Gasteiger partial charge >= 0.3 is 5.97 Å². The summed E-state index contributed by atoms with van der Waals surface area (Å²) in [4.78, 5) is 28.2. The Morgan fingerprint density at radius 1 is 1.10 bits per heavy atom. The zero-order chi connectivity index (χ0) is 29.2. The summed E-state index contributed by atoms with van der Waals surface area (Å²) in [6.45, 7) is 5.92. The number of carboxylic acids is 1. The fourth-order valence-corrected chi connectivity index (χ4v) is 8.64. The maximum atomic E-state index is 14.4. The van der Waals surface area contributed by atoms with E-state index in [-0.39, 0.29) is 30.0 Å². The van der Waals surface area contributed by atoms with Crippen molar-refractivity contribution in [2.24, 2.45) is 5.41 Å². The molecule has 0 aromatic heterocycles. The van der Waals surface area contributed by atoms with Crippen molar-refractivity contribution in [3.05, 3.63) is 69.7 Å². The van der Waals surface area contributed by atoms with E-state index < -0.39 is 33.5 Å². The molecule has 1 unspecified atom stereocenters. The first-order valence-electron chi connectivity index (χ1n) is 14.0. The number of halogens is 2. The second-order valence-corrected chi connectivity index (χ2v) is 14.4. The quantitative estimate of drug-likeness (QED) is 0.313. The van der Waals surface area contributed by atoms with E-state index in [9.17, 15) is 23.1 Å². The standard InChI is InChI=1S/C30H38Cl2N2O5S/c1-4-24(19-33(5-2)40(38,39)25-10-7-11-25)34-28(20-12-14-22(31)15-13-20)26(21-8-6-9-23(32)16-21)17-30(3,29(34)37)18-27(35)36/h6,8-9,12-16,24-26,28H,4-5,7,10-11,17-19H2,1-3H3,(H,35,36)/t24?,26-,28-,30-/m1/s1. The van der Waals surface area contributed by atoms with Gasteiger partial charge < -0.3 is 10.0 Å². The Morgan fingerprint density at radius 3 is 2.30 bits per heavy atom. The molecule has 1 N–H and O–H groups in total. The summed E-state index contributed by atoms with van der Waals surface area (Å²) in [7, 11) is -3.52. The lowest BCUT2D eigenvalue weighted by atomic mass is 9.67. The summed E-state index contributed by atoms with van der Waals surface area (Å²) < 4.78 is 28.4. The highest BCUT2D eigenvalue weighted by Crippen LogP contribution is 2.52. The van der Waals surface area contributed by atoms with Crippen LogP contribution in [0.4, 0.5) is 0 Å². The van der Waals surface area contributed by atoms with Crippen molar-refractivity contribution in [1.29, 1.82) is 0 Å². The van der Waals surface area contributed by atoms with E-state index in [0.717, 1.165) is 17.5 Å². The van der Waals surface area contributed by atoms with Crippen molar-refractivity contribution in [3.63, 3.8) is 0 Å². The molecule has 1 saturated heterocycles. The van der Waals surface area contributed by atoms with Gasteiger partial charge in [0, 0.05) is 35.1 Å². The van der Waals surface area contributed by atoms with Crippen molar-refractivity contribution in [1.82, 2.24) is 9.21 Å². The molecular formula is C30H38Cl2N2O5S. The third kappa shape index (κ3) is 6.20. The number of rotatable bonds is 11. The lowest BCUT2D eigenvalue weighted by Gasteiger charge is -2.52. The molecule has 1 amide bonds. The third-order valence-electron chi connectivity index (χ3n) is 8.60. The molecule has 7 nitrogen and oxygen atoms in total. The van der Waals surface area contributed by atoms with Gasteiger partial charge in [0.1, 0.15) is 0 Å². The number of carboxylic acid groups (broad SMARTS) is 1. The Labute approximate surface area is 247 Å². The minimum absolute atomic E-state index is 0.146. The highest BCUT2D eigenvalue weighted by Gasteiger charge is 2.52. The third-order valence-corrected chi connectivity index (χ3v) is 11.5. The summed E-state index contributed by atoms with van der Waals surface area (Å²) in [5.74, 6) is -1.62. The van der Waals surface area contributed by atoms with Crippen LogP contribution in [0, 0.1) is 5.41 Å². The summed E-state index contributed by atoms with van der Waals surface area (Å²) in [6, 6.07) is 13.8. The van der Waals surface area contributed by atoms with Gasteiger partial charge in [0.15, 0.2) is 0 Å². The van der Waals surface area contributed by atoms with Crippen LogP contribution < -0.4 is 0 Å². The topological polar surface area (TPSA) is 95.0 Å². The predicted molar refractivity (Wildman–Crippen MR) is 158 cm³/mol. The van der Waals surface area contributed by atoms with Crippen LogP contribution in [0.5, 0.6) is 0 Å². The van der Waals surface area contributed by atoms with E-state index in [1.807, 2.05) is 44.2 Å². The van der Waals surface area contributed by atoms with Crippen molar-refractivity contribution in [3.8, 4) is 0 Å². The number of hydrogen-bond acceptors (Lipinski definition) is 4. The summed E-state index contributed by atoms with van der Waals surface area (Å²) in [5.41, 5.74) is 0.549. The first-order chi connectivity index (χ1) is 18.9. The minimum atomic E-state index is -3.52. The van der Waals surface area contributed by atoms with Gasteiger partial charge in [0.25, 0.3) is 0 Å². The molecule has 4 atom stereocenters. The average molecular weight is 610 g/mol. The number of carbonyl (C=O) groups is 2. The molecule has 0 spiro atoms. The highest BCUT2D eigenvalue weighted by atomic mass is 35.5. The Balaban J connectivity index is 1.86.